The van der Waals surface area contributed by atoms with E-state index in [0.717, 1.165) is 11.1 Å². The first-order valence-corrected chi connectivity index (χ1v) is 9.97. The highest BCUT2D eigenvalue weighted by Crippen LogP contribution is 2.42. The Morgan fingerprint density at radius 1 is 1.36 bits per heavy atom. The lowest BCUT2D eigenvalue weighted by Crippen LogP contribution is -2.50. The molecular formula is C22H31NO5. The monoisotopic (exact) mass is 389 g/mol. The van der Waals surface area contributed by atoms with Gasteiger partial charge in [0.1, 0.15) is 11.2 Å². The van der Waals surface area contributed by atoms with Crippen LogP contribution in [0.3, 0.4) is 0 Å². The van der Waals surface area contributed by atoms with Crippen LogP contribution in [0.4, 0.5) is 0 Å². The molecule has 6 nitrogen and oxygen atoms in total. The molecule has 0 bridgehead atoms. The van der Waals surface area contributed by atoms with E-state index in [1.165, 1.54) is 0 Å². The van der Waals surface area contributed by atoms with Gasteiger partial charge in [-0.05, 0) is 56.2 Å². The van der Waals surface area contributed by atoms with Gasteiger partial charge in [0.15, 0.2) is 5.60 Å². The fourth-order valence-electron chi connectivity index (χ4n) is 4.35. The lowest BCUT2D eigenvalue weighted by atomic mass is 9.76. The minimum absolute atomic E-state index is 0.0799. The molecule has 2 heterocycles. The molecule has 2 aliphatic heterocycles. The second-order valence-electron chi connectivity index (χ2n) is 8.99. The third-order valence-electron chi connectivity index (χ3n) is 6.05. The molecule has 0 unspecified atom stereocenters. The first kappa shape index (κ1) is 20.6. The minimum atomic E-state index is -1.09. The summed E-state index contributed by atoms with van der Waals surface area (Å²) in [7, 11) is 0. The van der Waals surface area contributed by atoms with Crippen LogP contribution in [-0.4, -0.2) is 53.8 Å². The van der Waals surface area contributed by atoms with Crippen LogP contribution in [0.5, 0.6) is 5.75 Å². The molecule has 1 aromatic carbocycles. The van der Waals surface area contributed by atoms with Crippen LogP contribution in [0, 0.1) is 18.3 Å². The quantitative estimate of drug-likeness (QED) is 0.837. The number of ether oxygens (including phenoxy) is 2. The van der Waals surface area contributed by atoms with E-state index in [1.807, 2.05) is 25.1 Å². The van der Waals surface area contributed by atoms with Gasteiger partial charge in [-0.15, -0.1) is 0 Å². The van der Waals surface area contributed by atoms with Crippen molar-refractivity contribution in [3.63, 3.8) is 0 Å². The molecule has 154 valence electrons. The number of rotatable bonds is 5. The van der Waals surface area contributed by atoms with Crippen LogP contribution in [0.25, 0.3) is 0 Å². The van der Waals surface area contributed by atoms with Crippen molar-refractivity contribution < 1.29 is 24.2 Å². The summed E-state index contributed by atoms with van der Waals surface area (Å²) in [5, 5.41) is 9.82. The summed E-state index contributed by atoms with van der Waals surface area (Å²) in [6.45, 7) is 11.0. The number of amides is 1. The van der Waals surface area contributed by atoms with Crippen molar-refractivity contribution in [1.82, 2.24) is 4.90 Å². The van der Waals surface area contributed by atoms with Gasteiger partial charge in [-0.25, -0.2) is 0 Å². The van der Waals surface area contributed by atoms with Gasteiger partial charge in [0.25, 0.3) is 5.91 Å². The number of carboxylic acids is 1. The zero-order valence-electron chi connectivity index (χ0n) is 17.4. The van der Waals surface area contributed by atoms with Gasteiger partial charge in [-0.2, -0.15) is 0 Å². The fourth-order valence-corrected chi connectivity index (χ4v) is 4.35. The van der Waals surface area contributed by atoms with Gasteiger partial charge in [-0.3, -0.25) is 9.59 Å². The van der Waals surface area contributed by atoms with Crippen LogP contribution in [-0.2, 0) is 14.3 Å². The number of hydrogen-bond donors (Lipinski definition) is 1. The number of hydrogen-bond acceptors (Lipinski definition) is 4. The van der Waals surface area contributed by atoms with Gasteiger partial charge in [-0.1, -0.05) is 26.0 Å². The molecule has 3 rings (SSSR count). The molecule has 28 heavy (non-hydrogen) atoms. The second kappa shape index (κ2) is 7.39. The molecule has 0 spiro atoms. The van der Waals surface area contributed by atoms with Crippen molar-refractivity contribution in [2.75, 3.05) is 26.3 Å². The van der Waals surface area contributed by atoms with Crippen LogP contribution in [0.1, 0.15) is 51.2 Å². The standard InChI is InChI=1S/C22H31NO5/c1-14(2)17-7-6-15(3)10-18(17)28-21(4,5)19(24)23-11-16-8-9-27-13-22(16,12-23)20(25)26/h6-7,10,14,16H,8-9,11-13H2,1-5H3,(H,25,26)/t16-,22+/m0/s1. The summed E-state index contributed by atoms with van der Waals surface area (Å²) >= 11 is 0. The number of nitrogens with zero attached hydrogens (tertiary/aromatic N) is 1. The number of carbonyl (C=O) groups is 2. The highest BCUT2D eigenvalue weighted by Gasteiger charge is 2.56. The van der Waals surface area contributed by atoms with E-state index in [1.54, 1.807) is 18.7 Å². The number of aryl methyl sites for hydroxylation is 1. The molecule has 0 aliphatic carbocycles. The van der Waals surface area contributed by atoms with E-state index < -0.39 is 17.0 Å². The van der Waals surface area contributed by atoms with E-state index in [2.05, 4.69) is 13.8 Å². The first-order valence-electron chi connectivity index (χ1n) is 9.97. The third kappa shape index (κ3) is 3.62. The van der Waals surface area contributed by atoms with E-state index in [4.69, 9.17) is 9.47 Å². The highest BCUT2D eigenvalue weighted by atomic mass is 16.5. The Kier molecular flexibility index (Phi) is 5.45. The number of aliphatic carboxylic acids is 1. The Morgan fingerprint density at radius 2 is 2.07 bits per heavy atom. The Bertz CT molecular complexity index is 772. The van der Waals surface area contributed by atoms with Gasteiger partial charge in [0.05, 0.1) is 6.61 Å². The van der Waals surface area contributed by atoms with Crippen LogP contribution in [0.15, 0.2) is 18.2 Å². The van der Waals surface area contributed by atoms with E-state index >= 15 is 0 Å². The van der Waals surface area contributed by atoms with Gasteiger partial charge in [0, 0.05) is 19.7 Å². The van der Waals surface area contributed by atoms with Gasteiger partial charge >= 0.3 is 5.97 Å². The van der Waals surface area contributed by atoms with E-state index in [0.29, 0.717) is 25.3 Å². The third-order valence-corrected chi connectivity index (χ3v) is 6.05. The number of fused-ring (bicyclic) bond motifs is 1. The molecule has 0 aromatic heterocycles. The molecule has 0 saturated carbocycles. The van der Waals surface area contributed by atoms with Gasteiger partial charge < -0.3 is 19.5 Å². The Balaban J connectivity index is 1.82. The normalized spacial score (nSPS) is 24.9. The number of benzene rings is 1. The summed E-state index contributed by atoms with van der Waals surface area (Å²) in [5.74, 6) is -0.167. The van der Waals surface area contributed by atoms with E-state index in [-0.39, 0.29) is 30.9 Å². The van der Waals surface area contributed by atoms with Crippen molar-refractivity contribution in [3.05, 3.63) is 29.3 Å². The Morgan fingerprint density at radius 3 is 2.68 bits per heavy atom. The summed E-state index contributed by atoms with van der Waals surface area (Å²) in [6.07, 6.45) is 0.659. The molecule has 1 N–H and O–H groups in total. The molecule has 6 heteroatoms. The molecular weight excluding hydrogens is 358 g/mol. The summed E-state index contributed by atoms with van der Waals surface area (Å²) in [6, 6.07) is 6.04. The Labute approximate surface area is 166 Å². The maximum atomic E-state index is 13.3. The van der Waals surface area contributed by atoms with Crippen molar-refractivity contribution in [1.29, 1.82) is 0 Å². The zero-order valence-corrected chi connectivity index (χ0v) is 17.4. The van der Waals surface area contributed by atoms with Crippen molar-refractivity contribution in [3.8, 4) is 5.75 Å². The molecule has 1 amide bonds. The minimum Gasteiger partial charge on any atom is -0.481 e. The molecule has 2 atom stereocenters. The van der Waals surface area contributed by atoms with Gasteiger partial charge in [0.2, 0.25) is 0 Å². The molecule has 2 aliphatic rings. The topological polar surface area (TPSA) is 76.1 Å². The maximum absolute atomic E-state index is 13.3. The summed E-state index contributed by atoms with van der Waals surface area (Å²) < 4.78 is 11.7. The maximum Gasteiger partial charge on any atom is 0.314 e. The van der Waals surface area contributed by atoms with Crippen LogP contribution in [0.2, 0.25) is 0 Å². The average molecular weight is 389 g/mol. The SMILES string of the molecule is Cc1ccc(C(C)C)c(OC(C)(C)C(=O)N2C[C@@H]3CCOC[C@]3(C(=O)O)C2)c1. The zero-order chi connectivity index (χ0) is 20.7. The lowest BCUT2D eigenvalue weighted by molar-refractivity contribution is -0.160. The average Bonchev–Trinajstić information content (AvgIpc) is 3.01. The lowest BCUT2D eigenvalue weighted by Gasteiger charge is -2.34. The van der Waals surface area contributed by atoms with Crippen molar-refractivity contribution in [2.45, 2.75) is 52.6 Å². The summed E-state index contributed by atoms with van der Waals surface area (Å²) in [5.41, 5.74) is 0.0239. The fraction of sp³-hybridized carbons (Fsp3) is 0.636. The second-order valence-corrected chi connectivity index (χ2v) is 8.99. The molecule has 2 fully saturated rings. The highest BCUT2D eigenvalue weighted by molar-refractivity contribution is 5.87. The predicted molar refractivity (Wildman–Crippen MR) is 106 cm³/mol. The number of carboxylic acid groups (broad SMARTS) is 1. The smallest absolute Gasteiger partial charge is 0.314 e. The Hall–Kier alpha value is -2.08. The van der Waals surface area contributed by atoms with Crippen molar-refractivity contribution in [2.24, 2.45) is 11.3 Å². The molecule has 0 radical (unpaired) electrons. The summed E-state index contributed by atoms with van der Waals surface area (Å²) in [4.78, 5) is 26.9. The van der Waals surface area contributed by atoms with E-state index in [9.17, 15) is 14.7 Å². The molecule has 1 aromatic rings. The number of likely N-dealkylation sites (tertiary alicyclic amines) is 1. The first-order chi connectivity index (χ1) is 13.1. The number of carbonyl (C=O) groups excluding carboxylic acids is 1. The molecule has 2 saturated heterocycles. The predicted octanol–water partition coefficient (Wildman–Crippen LogP) is 3.23. The van der Waals surface area contributed by atoms with Crippen molar-refractivity contribution >= 4 is 11.9 Å². The van der Waals surface area contributed by atoms with Crippen LogP contribution >= 0.6 is 0 Å². The van der Waals surface area contributed by atoms with Crippen LogP contribution < -0.4 is 4.74 Å². The largest absolute Gasteiger partial charge is 0.481 e.